The highest BCUT2D eigenvalue weighted by molar-refractivity contribution is 6.31. The Morgan fingerprint density at radius 3 is 2.59 bits per heavy atom. The minimum absolute atomic E-state index is 0.0323. The molecule has 0 saturated carbocycles. The van der Waals surface area contributed by atoms with Crippen molar-refractivity contribution >= 4 is 23.2 Å². The predicted octanol–water partition coefficient (Wildman–Crippen LogP) is 3.98. The van der Waals surface area contributed by atoms with E-state index in [9.17, 15) is 14.9 Å². The summed E-state index contributed by atoms with van der Waals surface area (Å²) in [5, 5.41) is 18.6. The van der Waals surface area contributed by atoms with Crippen LogP contribution in [-0.2, 0) is 6.54 Å². The Morgan fingerprint density at radius 1 is 1.22 bits per heavy atom. The molecule has 0 spiro atoms. The van der Waals surface area contributed by atoms with Crippen LogP contribution in [0.25, 0.3) is 5.69 Å². The van der Waals surface area contributed by atoms with E-state index in [0.717, 1.165) is 22.6 Å². The molecule has 1 N–H and O–H groups in total. The zero-order valence-corrected chi connectivity index (χ0v) is 15.5. The number of nitro benzene ring substituents is 1. The smallest absolute Gasteiger partial charge is 0.283 e. The third-order valence-electron chi connectivity index (χ3n) is 4.27. The van der Waals surface area contributed by atoms with E-state index < -0.39 is 10.8 Å². The second-order valence-electron chi connectivity index (χ2n) is 6.00. The van der Waals surface area contributed by atoms with Gasteiger partial charge in [0.25, 0.3) is 11.6 Å². The lowest BCUT2D eigenvalue weighted by Crippen LogP contribution is -2.24. The van der Waals surface area contributed by atoms with Gasteiger partial charge in [-0.05, 0) is 38.1 Å². The Morgan fingerprint density at radius 2 is 1.93 bits per heavy atom. The van der Waals surface area contributed by atoms with Gasteiger partial charge in [-0.25, -0.2) is 4.68 Å². The van der Waals surface area contributed by atoms with Crippen LogP contribution in [0, 0.1) is 24.0 Å². The first-order chi connectivity index (χ1) is 12.9. The molecule has 0 aliphatic rings. The summed E-state index contributed by atoms with van der Waals surface area (Å²) in [4.78, 5) is 23.0. The average molecular weight is 385 g/mol. The number of benzene rings is 2. The molecule has 1 amide bonds. The maximum absolute atomic E-state index is 12.5. The number of halogens is 1. The highest BCUT2D eigenvalue weighted by atomic mass is 35.5. The lowest BCUT2D eigenvalue weighted by Gasteiger charge is -2.08. The quantitative estimate of drug-likeness (QED) is 0.532. The van der Waals surface area contributed by atoms with Crippen molar-refractivity contribution in [1.29, 1.82) is 0 Å². The van der Waals surface area contributed by atoms with E-state index in [1.54, 1.807) is 0 Å². The number of nitro groups is 1. The van der Waals surface area contributed by atoms with Gasteiger partial charge in [0.1, 0.15) is 5.56 Å². The lowest BCUT2D eigenvalue weighted by molar-refractivity contribution is -0.385. The normalized spacial score (nSPS) is 10.6. The topological polar surface area (TPSA) is 90.1 Å². The predicted molar refractivity (Wildman–Crippen MR) is 102 cm³/mol. The van der Waals surface area contributed by atoms with Crippen molar-refractivity contribution in [2.24, 2.45) is 0 Å². The number of hydrogen-bond acceptors (Lipinski definition) is 4. The summed E-state index contributed by atoms with van der Waals surface area (Å²) in [7, 11) is 0. The minimum atomic E-state index is -0.620. The molecule has 138 valence electrons. The van der Waals surface area contributed by atoms with Gasteiger partial charge in [0.15, 0.2) is 0 Å². The molecule has 3 aromatic rings. The van der Waals surface area contributed by atoms with Crippen LogP contribution in [0.15, 0.2) is 48.5 Å². The summed E-state index contributed by atoms with van der Waals surface area (Å²) in [5.41, 5.74) is 3.10. The van der Waals surface area contributed by atoms with Crippen LogP contribution in [0.1, 0.15) is 27.3 Å². The molecule has 0 atom stereocenters. The van der Waals surface area contributed by atoms with Gasteiger partial charge in [0.05, 0.1) is 16.3 Å². The first kappa shape index (κ1) is 18.6. The van der Waals surface area contributed by atoms with Crippen molar-refractivity contribution in [3.05, 3.63) is 86.2 Å². The number of hydrogen-bond donors (Lipinski definition) is 1. The van der Waals surface area contributed by atoms with E-state index in [4.69, 9.17) is 11.6 Å². The van der Waals surface area contributed by atoms with Gasteiger partial charge in [-0.2, -0.15) is 5.10 Å². The molecular weight excluding hydrogens is 368 g/mol. The van der Waals surface area contributed by atoms with Crippen LogP contribution in [0.4, 0.5) is 5.69 Å². The largest absolute Gasteiger partial charge is 0.348 e. The Kier molecular flexibility index (Phi) is 5.23. The maximum atomic E-state index is 12.5. The molecule has 1 heterocycles. The fourth-order valence-corrected chi connectivity index (χ4v) is 3.03. The second-order valence-corrected chi connectivity index (χ2v) is 6.43. The van der Waals surface area contributed by atoms with E-state index in [1.807, 2.05) is 48.9 Å². The Labute approximate surface area is 160 Å². The van der Waals surface area contributed by atoms with E-state index in [0.29, 0.717) is 0 Å². The van der Waals surface area contributed by atoms with Crippen LogP contribution < -0.4 is 5.32 Å². The first-order valence-corrected chi connectivity index (χ1v) is 8.59. The number of rotatable bonds is 5. The molecule has 2 aromatic carbocycles. The van der Waals surface area contributed by atoms with Gasteiger partial charge in [-0.15, -0.1) is 0 Å². The summed E-state index contributed by atoms with van der Waals surface area (Å²) < 4.78 is 1.81. The molecule has 0 aliphatic heterocycles. The Hall–Kier alpha value is -3.19. The minimum Gasteiger partial charge on any atom is -0.348 e. The number of amides is 1. The molecule has 1 aromatic heterocycles. The highest BCUT2D eigenvalue weighted by Crippen LogP contribution is 2.23. The maximum Gasteiger partial charge on any atom is 0.283 e. The summed E-state index contributed by atoms with van der Waals surface area (Å²) in [5.74, 6) is -0.537. The monoisotopic (exact) mass is 384 g/mol. The van der Waals surface area contributed by atoms with E-state index in [1.165, 1.54) is 18.2 Å². The van der Waals surface area contributed by atoms with Crippen LogP contribution in [-0.4, -0.2) is 20.6 Å². The number of aryl methyl sites for hydroxylation is 1. The van der Waals surface area contributed by atoms with E-state index >= 15 is 0 Å². The zero-order chi connectivity index (χ0) is 19.6. The number of nitrogens with one attached hydrogen (secondary N) is 1. The molecule has 0 unspecified atom stereocenters. The van der Waals surface area contributed by atoms with Crippen LogP contribution in [0.2, 0.25) is 5.02 Å². The molecule has 7 nitrogen and oxygen atoms in total. The standard InChI is InChI=1S/C19H17ClN4O3/c1-12-17(13(2)23(22-12)15-6-4-3-5-7-15)11-21-19(25)16-9-8-14(20)10-18(16)24(26)27/h3-10H,11H2,1-2H3,(H,21,25). The summed E-state index contributed by atoms with van der Waals surface area (Å²) in [6, 6.07) is 13.6. The van der Waals surface area contributed by atoms with Crippen molar-refractivity contribution < 1.29 is 9.72 Å². The molecule has 0 fully saturated rings. The molecule has 0 bridgehead atoms. The van der Waals surface area contributed by atoms with Crippen molar-refractivity contribution in [3.8, 4) is 5.69 Å². The van der Waals surface area contributed by atoms with E-state index in [2.05, 4.69) is 10.4 Å². The van der Waals surface area contributed by atoms with Gasteiger partial charge < -0.3 is 5.32 Å². The van der Waals surface area contributed by atoms with Crippen LogP contribution in [0.5, 0.6) is 0 Å². The first-order valence-electron chi connectivity index (χ1n) is 8.21. The van der Waals surface area contributed by atoms with Crippen LogP contribution >= 0.6 is 11.6 Å². The number of carbonyl (C=O) groups is 1. The van der Waals surface area contributed by atoms with Gasteiger partial charge in [0, 0.05) is 28.9 Å². The molecule has 0 radical (unpaired) electrons. The second kappa shape index (κ2) is 7.59. The van der Waals surface area contributed by atoms with Crippen LogP contribution in [0.3, 0.4) is 0 Å². The summed E-state index contributed by atoms with van der Waals surface area (Å²) in [6.07, 6.45) is 0. The Balaban J connectivity index is 1.83. The van der Waals surface area contributed by atoms with Gasteiger partial charge in [-0.3, -0.25) is 14.9 Å². The van der Waals surface area contributed by atoms with Crippen molar-refractivity contribution in [2.75, 3.05) is 0 Å². The number of nitrogens with zero attached hydrogens (tertiary/aromatic N) is 3. The number of aromatic nitrogens is 2. The highest BCUT2D eigenvalue weighted by Gasteiger charge is 2.21. The SMILES string of the molecule is Cc1nn(-c2ccccc2)c(C)c1CNC(=O)c1ccc(Cl)cc1[N+](=O)[O-]. The molecular formula is C19H17ClN4O3. The van der Waals surface area contributed by atoms with Crippen molar-refractivity contribution in [3.63, 3.8) is 0 Å². The van der Waals surface area contributed by atoms with Gasteiger partial charge in [-0.1, -0.05) is 29.8 Å². The third-order valence-corrected chi connectivity index (χ3v) is 4.50. The summed E-state index contributed by atoms with van der Waals surface area (Å²) >= 11 is 5.79. The fraction of sp³-hybridized carbons (Fsp3) is 0.158. The number of para-hydroxylation sites is 1. The molecule has 8 heteroatoms. The Bertz CT molecular complexity index is 1020. The van der Waals surface area contributed by atoms with Crippen molar-refractivity contribution in [2.45, 2.75) is 20.4 Å². The molecule has 27 heavy (non-hydrogen) atoms. The van der Waals surface area contributed by atoms with Gasteiger partial charge >= 0.3 is 0 Å². The number of carbonyl (C=O) groups excluding carboxylic acids is 1. The van der Waals surface area contributed by atoms with Gasteiger partial charge in [0.2, 0.25) is 0 Å². The molecule has 3 rings (SSSR count). The summed E-state index contributed by atoms with van der Waals surface area (Å²) in [6.45, 7) is 3.99. The van der Waals surface area contributed by atoms with E-state index in [-0.39, 0.29) is 22.8 Å². The lowest BCUT2D eigenvalue weighted by atomic mass is 10.1. The fourth-order valence-electron chi connectivity index (χ4n) is 2.86. The molecule has 0 saturated heterocycles. The third kappa shape index (κ3) is 3.83. The van der Waals surface area contributed by atoms with Crippen molar-refractivity contribution in [1.82, 2.24) is 15.1 Å². The molecule has 0 aliphatic carbocycles. The zero-order valence-electron chi connectivity index (χ0n) is 14.8. The average Bonchev–Trinajstić information content (AvgIpc) is 2.94.